The van der Waals surface area contributed by atoms with Gasteiger partial charge in [0.2, 0.25) is 0 Å². The minimum absolute atomic E-state index is 0.495. The molecule has 2 fully saturated rings. The molecule has 0 aliphatic heterocycles. The van der Waals surface area contributed by atoms with Gasteiger partial charge in [0.1, 0.15) is 0 Å². The predicted octanol–water partition coefficient (Wildman–Crippen LogP) is 2.67. The monoisotopic (exact) mass is 224 g/mol. The molecule has 2 saturated carbocycles. The fourth-order valence-corrected chi connectivity index (χ4v) is 3.30. The van der Waals surface area contributed by atoms with Crippen molar-refractivity contribution in [2.24, 2.45) is 17.6 Å². The number of hydrogen-bond acceptors (Lipinski definition) is 2. The van der Waals surface area contributed by atoms with Gasteiger partial charge < -0.3 is 11.1 Å². The van der Waals surface area contributed by atoms with E-state index in [1.54, 1.807) is 0 Å². The second kappa shape index (κ2) is 6.61. The molecular formula is C14H28N2. The quantitative estimate of drug-likeness (QED) is 0.705. The first-order valence-corrected chi connectivity index (χ1v) is 7.31. The lowest BCUT2D eigenvalue weighted by molar-refractivity contribution is 0.311. The van der Waals surface area contributed by atoms with Gasteiger partial charge in [0, 0.05) is 6.04 Å². The molecule has 16 heavy (non-hydrogen) atoms. The molecule has 2 aliphatic rings. The average molecular weight is 224 g/mol. The van der Waals surface area contributed by atoms with Crippen molar-refractivity contribution in [3.8, 4) is 0 Å². The zero-order valence-electron chi connectivity index (χ0n) is 10.6. The lowest BCUT2D eigenvalue weighted by Gasteiger charge is -2.26. The van der Waals surface area contributed by atoms with Crippen LogP contribution in [0.4, 0.5) is 0 Å². The topological polar surface area (TPSA) is 38.0 Å². The summed E-state index contributed by atoms with van der Waals surface area (Å²) in [5, 5.41) is 3.66. The molecule has 0 amide bonds. The van der Waals surface area contributed by atoms with E-state index >= 15 is 0 Å². The third-order valence-electron chi connectivity index (χ3n) is 4.53. The van der Waals surface area contributed by atoms with E-state index in [1.807, 2.05) is 0 Å². The number of nitrogens with two attached hydrogens (primary N) is 1. The summed E-state index contributed by atoms with van der Waals surface area (Å²) in [6.07, 6.45) is 12.5. The summed E-state index contributed by atoms with van der Waals surface area (Å²) in [7, 11) is 0. The maximum Gasteiger partial charge on any atom is 0.00390 e. The highest BCUT2D eigenvalue weighted by molar-refractivity contribution is 4.76. The third kappa shape index (κ3) is 4.06. The SMILES string of the molecule is NC1CCC(CNCCC2CCCC2)CC1. The maximum absolute atomic E-state index is 5.91. The summed E-state index contributed by atoms with van der Waals surface area (Å²) in [5.74, 6) is 1.94. The van der Waals surface area contributed by atoms with Crippen molar-refractivity contribution >= 4 is 0 Å². The van der Waals surface area contributed by atoms with Crippen LogP contribution < -0.4 is 11.1 Å². The molecule has 0 spiro atoms. The van der Waals surface area contributed by atoms with E-state index < -0.39 is 0 Å². The Morgan fingerprint density at radius 2 is 1.56 bits per heavy atom. The van der Waals surface area contributed by atoms with Crippen LogP contribution in [0.3, 0.4) is 0 Å². The van der Waals surface area contributed by atoms with Crippen molar-refractivity contribution in [1.82, 2.24) is 5.32 Å². The van der Waals surface area contributed by atoms with Gasteiger partial charge in [-0.3, -0.25) is 0 Å². The molecule has 2 heteroatoms. The Balaban J connectivity index is 1.48. The first-order chi connectivity index (χ1) is 7.84. The molecule has 0 atom stereocenters. The molecule has 0 aromatic heterocycles. The van der Waals surface area contributed by atoms with E-state index in [0.29, 0.717) is 6.04 Å². The molecular weight excluding hydrogens is 196 g/mol. The Morgan fingerprint density at radius 1 is 0.875 bits per heavy atom. The first kappa shape index (κ1) is 12.4. The Kier molecular flexibility index (Phi) is 5.11. The zero-order chi connectivity index (χ0) is 11.2. The molecule has 0 bridgehead atoms. The summed E-state index contributed by atoms with van der Waals surface area (Å²) >= 11 is 0. The molecule has 0 unspecified atom stereocenters. The smallest absolute Gasteiger partial charge is 0.00390 e. The van der Waals surface area contributed by atoms with Crippen LogP contribution in [0.2, 0.25) is 0 Å². The lowest BCUT2D eigenvalue weighted by atomic mass is 9.86. The number of rotatable bonds is 5. The fourth-order valence-electron chi connectivity index (χ4n) is 3.30. The van der Waals surface area contributed by atoms with Gasteiger partial charge in [-0.15, -0.1) is 0 Å². The summed E-state index contributed by atoms with van der Waals surface area (Å²) in [6, 6.07) is 0.495. The number of nitrogens with one attached hydrogen (secondary N) is 1. The van der Waals surface area contributed by atoms with Gasteiger partial charge in [-0.05, 0) is 57.0 Å². The normalized spacial score (nSPS) is 32.1. The van der Waals surface area contributed by atoms with Crippen LogP contribution in [0.1, 0.15) is 57.8 Å². The van der Waals surface area contributed by atoms with Crippen molar-refractivity contribution in [3.63, 3.8) is 0 Å². The molecule has 0 heterocycles. The van der Waals surface area contributed by atoms with E-state index in [2.05, 4.69) is 5.32 Å². The minimum Gasteiger partial charge on any atom is -0.328 e. The van der Waals surface area contributed by atoms with Gasteiger partial charge in [0.25, 0.3) is 0 Å². The summed E-state index contributed by atoms with van der Waals surface area (Å²) in [6.45, 7) is 2.48. The van der Waals surface area contributed by atoms with Crippen molar-refractivity contribution < 1.29 is 0 Å². The van der Waals surface area contributed by atoms with E-state index in [-0.39, 0.29) is 0 Å². The molecule has 94 valence electrons. The van der Waals surface area contributed by atoms with Crippen LogP contribution in [0.25, 0.3) is 0 Å². The van der Waals surface area contributed by atoms with Crippen molar-refractivity contribution in [3.05, 3.63) is 0 Å². The van der Waals surface area contributed by atoms with Gasteiger partial charge >= 0.3 is 0 Å². The molecule has 3 N–H and O–H groups in total. The van der Waals surface area contributed by atoms with Gasteiger partial charge in [0.15, 0.2) is 0 Å². The van der Waals surface area contributed by atoms with Gasteiger partial charge in [-0.25, -0.2) is 0 Å². The number of hydrogen-bond donors (Lipinski definition) is 2. The lowest BCUT2D eigenvalue weighted by Crippen LogP contribution is -2.32. The van der Waals surface area contributed by atoms with Crippen LogP contribution in [0.15, 0.2) is 0 Å². The predicted molar refractivity (Wildman–Crippen MR) is 69.4 cm³/mol. The maximum atomic E-state index is 5.91. The first-order valence-electron chi connectivity index (χ1n) is 7.31. The Hall–Kier alpha value is -0.0800. The van der Waals surface area contributed by atoms with E-state index in [1.165, 1.54) is 70.9 Å². The molecule has 2 aliphatic carbocycles. The average Bonchev–Trinajstić information content (AvgIpc) is 2.80. The van der Waals surface area contributed by atoms with E-state index in [9.17, 15) is 0 Å². The molecule has 2 rings (SSSR count). The van der Waals surface area contributed by atoms with Crippen molar-refractivity contribution in [2.45, 2.75) is 63.8 Å². The summed E-state index contributed by atoms with van der Waals surface area (Å²) < 4.78 is 0. The van der Waals surface area contributed by atoms with Gasteiger partial charge in [-0.2, -0.15) is 0 Å². The third-order valence-corrected chi connectivity index (χ3v) is 4.53. The van der Waals surface area contributed by atoms with Crippen molar-refractivity contribution in [1.29, 1.82) is 0 Å². The summed E-state index contributed by atoms with van der Waals surface area (Å²) in [5.41, 5.74) is 5.91. The second-order valence-corrected chi connectivity index (χ2v) is 5.92. The Bertz CT molecular complexity index is 179. The van der Waals surface area contributed by atoms with Crippen LogP contribution in [0, 0.1) is 11.8 Å². The molecule has 0 aromatic rings. The van der Waals surface area contributed by atoms with E-state index in [4.69, 9.17) is 5.73 Å². The Labute approximate surface area is 100 Å². The van der Waals surface area contributed by atoms with Crippen LogP contribution >= 0.6 is 0 Å². The molecule has 2 nitrogen and oxygen atoms in total. The van der Waals surface area contributed by atoms with Crippen LogP contribution in [0.5, 0.6) is 0 Å². The van der Waals surface area contributed by atoms with Crippen LogP contribution in [-0.2, 0) is 0 Å². The minimum atomic E-state index is 0.495. The van der Waals surface area contributed by atoms with Crippen molar-refractivity contribution in [2.75, 3.05) is 13.1 Å². The van der Waals surface area contributed by atoms with Crippen LogP contribution in [-0.4, -0.2) is 19.1 Å². The summed E-state index contributed by atoms with van der Waals surface area (Å²) in [4.78, 5) is 0. The van der Waals surface area contributed by atoms with E-state index in [0.717, 1.165) is 11.8 Å². The highest BCUT2D eigenvalue weighted by Crippen LogP contribution is 2.27. The van der Waals surface area contributed by atoms with Gasteiger partial charge in [0.05, 0.1) is 0 Å². The Morgan fingerprint density at radius 3 is 2.25 bits per heavy atom. The highest BCUT2D eigenvalue weighted by atomic mass is 14.9. The standard InChI is InChI=1S/C14H28N2/c15-14-7-5-13(6-8-14)11-16-10-9-12-3-1-2-4-12/h12-14,16H,1-11,15H2. The molecule has 0 saturated heterocycles. The second-order valence-electron chi connectivity index (χ2n) is 5.92. The van der Waals surface area contributed by atoms with Gasteiger partial charge in [-0.1, -0.05) is 25.7 Å². The highest BCUT2D eigenvalue weighted by Gasteiger charge is 2.18. The fraction of sp³-hybridized carbons (Fsp3) is 1.00. The molecule has 0 radical (unpaired) electrons. The zero-order valence-corrected chi connectivity index (χ0v) is 10.6. The largest absolute Gasteiger partial charge is 0.328 e. The molecule has 0 aromatic carbocycles.